The largest absolute Gasteiger partial charge is 0.507 e. The Kier molecular flexibility index (Phi) is 3.50. The lowest BCUT2D eigenvalue weighted by Crippen LogP contribution is -2.07. The summed E-state index contributed by atoms with van der Waals surface area (Å²) in [4.78, 5) is 21.5. The van der Waals surface area contributed by atoms with E-state index in [1.54, 1.807) is 6.92 Å². The van der Waals surface area contributed by atoms with Gasteiger partial charge in [0, 0.05) is 0 Å². The fourth-order valence-corrected chi connectivity index (χ4v) is 1.18. The molecule has 0 radical (unpaired) electrons. The molecular weight excluding hydrogens is 212 g/mol. The van der Waals surface area contributed by atoms with Crippen molar-refractivity contribution in [2.45, 2.75) is 13.8 Å². The third kappa shape index (κ3) is 2.73. The van der Waals surface area contributed by atoms with E-state index in [0.29, 0.717) is 5.56 Å². The number of carboxylic acids is 1. The van der Waals surface area contributed by atoms with Crippen LogP contribution in [0.2, 0.25) is 0 Å². The number of hydrogen-bond acceptors (Lipinski definition) is 4. The molecule has 0 saturated carbocycles. The van der Waals surface area contributed by atoms with E-state index in [1.165, 1.54) is 19.1 Å². The first-order valence-electron chi connectivity index (χ1n) is 4.61. The number of aryl methyl sites for hydroxylation is 1. The third-order valence-electron chi connectivity index (χ3n) is 1.95. The Bertz CT molecular complexity index is 436. The quantitative estimate of drug-likeness (QED) is 0.806. The third-order valence-corrected chi connectivity index (χ3v) is 1.95. The van der Waals surface area contributed by atoms with Crippen LogP contribution in [-0.2, 0) is 4.79 Å². The second-order valence-electron chi connectivity index (χ2n) is 3.43. The molecule has 0 unspecified atom stereocenters. The number of ether oxygens (including phenoxy) is 1. The van der Waals surface area contributed by atoms with Crippen molar-refractivity contribution in [3.63, 3.8) is 0 Å². The average Bonchev–Trinajstić information content (AvgIpc) is 2.19. The molecule has 2 N–H and O–H groups in total. The van der Waals surface area contributed by atoms with E-state index >= 15 is 0 Å². The van der Waals surface area contributed by atoms with Gasteiger partial charge in [-0.25, -0.2) is 4.79 Å². The zero-order valence-corrected chi connectivity index (χ0v) is 8.98. The Morgan fingerprint density at radius 2 is 2.00 bits per heavy atom. The minimum Gasteiger partial charge on any atom is -0.507 e. The molecule has 1 rings (SSSR count). The van der Waals surface area contributed by atoms with Crippen LogP contribution in [0.25, 0.3) is 0 Å². The first-order valence-corrected chi connectivity index (χ1v) is 4.61. The van der Waals surface area contributed by atoms with E-state index in [2.05, 4.69) is 0 Å². The van der Waals surface area contributed by atoms with Crippen molar-refractivity contribution in [2.24, 2.45) is 0 Å². The SMILES string of the molecule is CC(=O)COc1cc(C)c(O)c(C(=O)O)c1. The molecule has 1 aromatic carbocycles. The number of phenols is 1. The van der Waals surface area contributed by atoms with Gasteiger partial charge in [0.15, 0.2) is 5.78 Å². The zero-order valence-electron chi connectivity index (χ0n) is 8.98. The van der Waals surface area contributed by atoms with Crippen molar-refractivity contribution in [1.82, 2.24) is 0 Å². The molecule has 5 heteroatoms. The Balaban J connectivity index is 3.04. The highest BCUT2D eigenvalue weighted by Gasteiger charge is 2.14. The van der Waals surface area contributed by atoms with E-state index in [-0.39, 0.29) is 29.5 Å². The van der Waals surface area contributed by atoms with Crippen LogP contribution in [0.1, 0.15) is 22.8 Å². The molecule has 5 nitrogen and oxygen atoms in total. The summed E-state index contributed by atoms with van der Waals surface area (Å²) in [5.74, 6) is -1.44. The van der Waals surface area contributed by atoms with Crippen LogP contribution in [-0.4, -0.2) is 28.6 Å². The van der Waals surface area contributed by atoms with E-state index in [4.69, 9.17) is 9.84 Å². The van der Waals surface area contributed by atoms with Gasteiger partial charge in [-0.1, -0.05) is 0 Å². The summed E-state index contributed by atoms with van der Waals surface area (Å²) in [7, 11) is 0. The van der Waals surface area contributed by atoms with Gasteiger partial charge in [-0.15, -0.1) is 0 Å². The predicted octanol–water partition coefficient (Wildman–Crippen LogP) is 1.37. The monoisotopic (exact) mass is 224 g/mol. The molecule has 0 aliphatic heterocycles. The molecule has 0 aliphatic carbocycles. The molecule has 16 heavy (non-hydrogen) atoms. The van der Waals surface area contributed by atoms with Crippen LogP contribution < -0.4 is 4.74 Å². The summed E-state index contributed by atoms with van der Waals surface area (Å²) < 4.78 is 5.07. The summed E-state index contributed by atoms with van der Waals surface area (Å²) in [6.45, 7) is 2.80. The van der Waals surface area contributed by atoms with Gasteiger partial charge in [-0.3, -0.25) is 4.79 Å². The van der Waals surface area contributed by atoms with Crippen molar-refractivity contribution in [3.8, 4) is 11.5 Å². The molecule has 0 fully saturated rings. The maximum atomic E-state index is 10.8. The van der Waals surface area contributed by atoms with Crippen molar-refractivity contribution < 1.29 is 24.5 Å². The maximum Gasteiger partial charge on any atom is 0.339 e. The average molecular weight is 224 g/mol. The highest BCUT2D eigenvalue weighted by Crippen LogP contribution is 2.27. The van der Waals surface area contributed by atoms with E-state index < -0.39 is 5.97 Å². The highest BCUT2D eigenvalue weighted by atomic mass is 16.5. The van der Waals surface area contributed by atoms with Crippen LogP contribution in [0.3, 0.4) is 0 Å². The second-order valence-corrected chi connectivity index (χ2v) is 3.43. The maximum absolute atomic E-state index is 10.8. The minimum absolute atomic E-state index is 0.122. The van der Waals surface area contributed by atoms with Crippen molar-refractivity contribution in [3.05, 3.63) is 23.3 Å². The number of benzene rings is 1. The highest BCUT2D eigenvalue weighted by molar-refractivity contribution is 5.91. The summed E-state index contributed by atoms with van der Waals surface area (Å²) in [5.41, 5.74) is 0.150. The number of Topliss-reactive ketones (excluding diaryl/α,β-unsaturated/α-hetero) is 1. The van der Waals surface area contributed by atoms with Crippen LogP contribution in [0.15, 0.2) is 12.1 Å². The minimum atomic E-state index is -1.24. The van der Waals surface area contributed by atoms with E-state index in [1.807, 2.05) is 0 Å². The first kappa shape index (κ1) is 12.0. The number of aromatic carboxylic acids is 1. The smallest absolute Gasteiger partial charge is 0.339 e. The van der Waals surface area contributed by atoms with Crippen LogP contribution in [0.4, 0.5) is 0 Å². The molecule has 0 amide bonds. The molecule has 1 aromatic rings. The number of carboxylic acid groups (broad SMARTS) is 1. The summed E-state index contributed by atoms with van der Waals surface area (Å²) >= 11 is 0. The van der Waals surface area contributed by atoms with E-state index in [9.17, 15) is 14.7 Å². The molecular formula is C11H12O5. The molecule has 0 spiro atoms. The second kappa shape index (κ2) is 4.65. The van der Waals surface area contributed by atoms with Gasteiger partial charge in [-0.05, 0) is 31.5 Å². The fraction of sp³-hybridized carbons (Fsp3) is 0.273. The number of aromatic hydroxyl groups is 1. The first-order chi connectivity index (χ1) is 7.41. The van der Waals surface area contributed by atoms with Gasteiger partial charge in [0.2, 0.25) is 0 Å². The Morgan fingerprint density at radius 3 is 2.50 bits per heavy atom. The van der Waals surface area contributed by atoms with Crippen molar-refractivity contribution in [2.75, 3.05) is 6.61 Å². The predicted molar refractivity (Wildman–Crippen MR) is 56.0 cm³/mol. The number of rotatable bonds is 4. The van der Waals surface area contributed by atoms with Crippen molar-refractivity contribution >= 4 is 11.8 Å². The van der Waals surface area contributed by atoms with Gasteiger partial charge in [0.25, 0.3) is 0 Å². The number of carbonyl (C=O) groups excluding carboxylic acids is 1. The van der Waals surface area contributed by atoms with Gasteiger partial charge in [0.05, 0.1) is 0 Å². The molecule has 0 aromatic heterocycles. The molecule has 0 heterocycles. The topological polar surface area (TPSA) is 83.8 Å². The number of hydrogen-bond donors (Lipinski definition) is 2. The van der Waals surface area contributed by atoms with Crippen LogP contribution >= 0.6 is 0 Å². The summed E-state index contributed by atoms with van der Waals surface area (Å²) in [5, 5.41) is 18.3. The Hall–Kier alpha value is -2.04. The molecule has 86 valence electrons. The normalized spacial score (nSPS) is 9.88. The Labute approximate surface area is 92.3 Å². The molecule has 0 aliphatic rings. The lowest BCUT2D eigenvalue weighted by atomic mass is 10.1. The molecule has 0 saturated heterocycles. The van der Waals surface area contributed by atoms with Crippen LogP contribution in [0, 0.1) is 6.92 Å². The van der Waals surface area contributed by atoms with Gasteiger partial charge >= 0.3 is 5.97 Å². The molecule has 0 atom stereocenters. The Morgan fingerprint density at radius 1 is 1.38 bits per heavy atom. The fourth-order valence-electron chi connectivity index (χ4n) is 1.18. The number of ketones is 1. The van der Waals surface area contributed by atoms with Crippen LogP contribution in [0.5, 0.6) is 11.5 Å². The zero-order chi connectivity index (χ0) is 12.3. The lowest BCUT2D eigenvalue weighted by molar-refractivity contribution is -0.118. The summed E-state index contributed by atoms with van der Waals surface area (Å²) in [6.07, 6.45) is 0. The van der Waals surface area contributed by atoms with Gasteiger partial charge in [0.1, 0.15) is 23.7 Å². The standard InChI is InChI=1S/C11H12O5/c1-6-3-8(16-5-7(2)12)4-9(10(6)13)11(14)15/h3-4,13H,5H2,1-2H3,(H,14,15). The van der Waals surface area contributed by atoms with Gasteiger partial charge < -0.3 is 14.9 Å². The van der Waals surface area contributed by atoms with Gasteiger partial charge in [-0.2, -0.15) is 0 Å². The number of carbonyl (C=O) groups is 2. The van der Waals surface area contributed by atoms with E-state index in [0.717, 1.165) is 0 Å². The summed E-state index contributed by atoms with van der Waals surface area (Å²) in [6, 6.07) is 2.66. The van der Waals surface area contributed by atoms with Crippen molar-refractivity contribution in [1.29, 1.82) is 0 Å². The molecule has 0 bridgehead atoms. The lowest BCUT2D eigenvalue weighted by Gasteiger charge is -2.08.